The topological polar surface area (TPSA) is 154 Å². The minimum absolute atomic E-state index is 0.0721. The zero-order valence-corrected chi connectivity index (χ0v) is 24.3. The predicted molar refractivity (Wildman–Crippen MR) is 154 cm³/mol. The van der Waals surface area contributed by atoms with Gasteiger partial charge in [0.1, 0.15) is 17.6 Å². The maximum absolute atomic E-state index is 13.6. The number of benzene rings is 2. The van der Waals surface area contributed by atoms with E-state index in [1.54, 1.807) is 24.1 Å². The molecule has 0 bridgehead atoms. The van der Waals surface area contributed by atoms with Crippen molar-refractivity contribution < 1.29 is 29.4 Å². The number of nitrogens with zero attached hydrogens (tertiary/aromatic N) is 3. The molecule has 2 amide bonds. The molecule has 2 aromatic rings. The van der Waals surface area contributed by atoms with Crippen LogP contribution in [0.15, 0.2) is 24.3 Å². The third-order valence-electron chi connectivity index (χ3n) is 7.71. The van der Waals surface area contributed by atoms with Gasteiger partial charge in [0, 0.05) is 62.0 Å². The molecule has 11 heteroatoms. The van der Waals surface area contributed by atoms with Crippen LogP contribution in [0.1, 0.15) is 76.6 Å². The summed E-state index contributed by atoms with van der Waals surface area (Å²) in [4.78, 5) is 55.1. The number of carboxylic acid groups (broad SMARTS) is 1. The Hall–Kier alpha value is -4.41. The van der Waals surface area contributed by atoms with E-state index in [2.05, 4.69) is 5.32 Å². The van der Waals surface area contributed by atoms with Crippen molar-refractivity contribution in [3.8, 4) is 5.75 Å². The number of phenols is 1. The third-order valence-corrected chi connectivity index (χ3v) is 7.71. The highest BCUT2D eigenvalue weighted by Crippen LogP contribution is 2.37. The number of fused-ring (bicyclic) bond motifs is 1. The van der Waals surface area contributed by atoms with Gasteiger partial charge in [-0.3, -0.25) is 19.8 Å². The van der Waals surface area contributed by atoms with Crippen LogP contribution in [0.2, 0.25) is 0 Å². The first kappa shape index (κ1) is 29.6. The Labute approximate surface area is 239 Å². The number of aliphatic carboxylic acids is 1. The summed E-state index contributed by atoms with van der Waals surface area (Å²) in [6, 6.07) is 5.69. The van der Waals surface area contributed by atoms with Crippen molar-refractivity contribution in [1.29, 1.82) is 5.41 Å². The summed E-state index contributed by atoms with van der Waals surface area (Å²) in [5.41, 5.74) is 3.09. The van der Waals surface area contributed by atoms with Gasteiger partial charge in [-0.25, -0.2) is 4.79 Å². The SMILES string of the molecule is CNC(=O)c1cc2c(cc1N(C)C)CN(CC(=O)c1cc(CN3C(=O)CCC3C(=O)O)c(O)c(C(C)(C)C)c1)C2=N. The zero-order chi connectivity index (χ0) is 30.4. The number of hydrogen-bond donors (Lipinski definition) is 4. The Morgan fingerprint density at radius 3 is 2.41 bits per heavy atom. The lowest BCUT2D eigenvalue weighted by Crippen LogP contribution is -2.38. The van der Waals surface area contributed by atoms with Gasteiger partial charge >= 0.3 is 5.97 Å². The minimum Gasteiger partial charge on any atom is -0.507 e. The molecule has 41 heavy (non-hydrogen) atoms. The van der Waals surface area contributed by atoms with Crippen molar-refractivity contribution >= 4 is 35.1 Å². The van der Waals surface area contributed by atoms with Crippen molar-refractivity contribution in [2.45, 2.75) is 58.2 Å². The number of phenolic OH excluding ortho intramolecular Hbond substituents is 1. The first-order valence-electron chi connectivity index (χ1n) is 13.5. The Bertz CT molecular complexity index is 1460. The lowest BCUT2D eigenvalue weighted by molar-refractivity contribution is -0.146. The molecule has 0 spiro atoms. The molecule has 4 N–H and O–H groups in total. The molecule has 0 radical (unpaired) electrons. The van der Waals surface area contributed by atoms with Gasteiger partial charge in [-0.15, -0.1) is 0 Å². The molecule has 1 fully saturated rings. The quantitative estimate of drug-likeness (QED) is 0.358. The fourth-order valence-corrected chi connectivity index (χ4v) is 5.44. The molecule has 2 aliphatic heterocycles. The number of carboxylic acids is 1. The van der Waals surface area contributed by atoms with E-state index in [-0.39, 0.29) is 55.1 Å². The van der Waals surface area contributed by atoms with E-state index in [1.165, 1.54) is 11.0 Å². The molecule has 0 aliphatic carbocycles. The van der Waals surface area contributed by atoms with E-state index in [0.29, 0.717) is 40.0 Å². The van der Waals surface area contributed by atoms with Gasteiger partial charge < -0.3 is 30.2 Å². The predicted octanol–water partition coefficient (Wildman–Crippen LogP) is 2.71. The maximum Gasteiger partial charge on any atom is 0.326 e. The van der Waals surface area contributed by atoms with Crippen LogP contribution in [0.25, 0.3) is 0 Å². The van der Waals surface area contributed by atoms with Crippen molar-refractivity contribution in [3.63, 3.8) is 0 Å². The lowest BCUT2D eigenvalue weighted by Gasteiger charge is -2.27. The number of aromatic hydroxyl groups is 1. The summed E-state index contributed by atoms with van der Waals surface area (Å²) in [5.74, 6) is -1.93. The highest BCUT2D eigenvalue weighted by molar-refractivity contribution is 6.08. The molecule has 4 rings (SSSR count). The van der Waals surface area contributed by atoms with Crippen LogP contribution in [-0.4, -0.2) is 83.1 Å². The number of rotatable bonds is 8. The minimum atomic E-state index is -1.11. The number of Topliss-reactive ketones (excluding diaryl/α,β-unsaturated/α-hetero) is 1. The van der Waals surface area contributed by atoms with Gasteiger partial charge in [-0.1, -0.05) is 20.8 Å². The molecular weight excluding hydrogens is 526 g/mol. The van der Waals surface area contributed by atoms with Gasteiger partial charge in [0.2, 0.25) is 5.91 Å². The van der Waals surface area contributed by atoms with Crippen LogP contribution in [0, 0.1) is 5.41 Å². The summed E-state index contributed by atoms with van der Waals surface area (Å²) in [6.45, 7) is 5.73. The second-order valence-electron chi connectivity index (χ2n) is 11.8. The van der Waals surface area contributed by atoms with E-state index in [1.807, 2.05) is 45.8 Å². The highest BCUT2D eigenvalue weighted by Gasteiger charge is 2.37. The Kier molecular flexibility index (Phi) is 7.84. The largest absolute Gasteiger partial charge is 0.507 e. The van der Waals surface area contributed by atoms with E-state index in [0.717, 1.165) is 5.56 Å². The standard InChI is InChI=1S/C30H37N5O6/c1-30(2,3)21-10-16(9-18(26(21)38)14-35-22(29(40)41)7-8-25(35)37)24(36)15-34-13-17-11-23(33(5)6)20(28(39)32-4)12-19(17)27(34)31/h9-12,22,31,38H,7-8,13-15H2,1-6H3,(H,32,39)(H,40,41). The lowest BCUT2D eigenvalue weighted by atomic mass is 9.83. The number of amidine groups is 1. The second kappa shape index (κ2) is 10.9. The summed E-state index contributed by atoms with van der Waals surface area (Å²) in [6.07, 6.45) is 0.297. The number of amides is 2. The number of hydrogen-bond acceptors (Lipinski definition) is 7. The van der Waals surface area contributed by atoms with Crippen LogP contribution in [0.5, 0.6) is 5.75 Å². The van der Waals surface area contributed by atoms with Gasteiger partial charge in [-0.05, 0) is 41.7 Å². The molecule has 1 saturated heterocycles. The number of anilines is 1. The average molecular weight is 564 g/mol. The van der Waals surface area contributed by atoms with E-state index < -0.39 is 17.4 Å². The number of carbonyl (C=O) groups excluding carboxylic acids is 3. The van der Waals surface area contributed by atoms with E-state index >= 15 is 0 Å². The van der Waals surface area contributed by atoms with Gasteiger partial charge in [-0.2, -0.15) is 0 Å². The molecule has 218 valence electrons. The van der Waals surface area contributed by atoms with Gasteiger partial charge in [0.25, 0.3) is 5.91 Å². The van der Waals surface area contributed by atoms with Crippen LogP contribution >= 0.6 is 0 Å². The second-order valence-corrected chi connectivity index (χ2v) is 11.8. The summed E-state index contributed by atoms with van der Waals surface area (Å²) in [7, 11) is 5.21. The van der Waals surface area contributed by atoms with Gasteiger partial charge in [0.05, 0.1) is 18.7 Å². The fourth-order valence-electron chi connectivity index (χ4n) is 5.44. The average Bonchev–Trinajstić information content (AvgIpc) is 3.41. The number of carbonyl (C=O) groups is 4. The summed E-state index contributed by atoms with van der Waals surface area (Å²) < 4.78 is 0. The smallest absolute Gasteiger partial charge is 0.326 e. The molecule has 1 unspecified atom stereocenters. The van der Waals surface area contributed by atoms with Crippen molar-refractivity contribution in [3.05, 3.63) is 57.6 Å². The monoisotopic (exact) mass is 563 g/mol. The van der Waals surface area contributed by atoms with E-state index in [4.69, 9.17) is 5.41 Å². The molecule has 0 saturated carbocycles. The molecule has 1 atom stereocenters. The third kappa shape index (κ3) is 5.61. The van der Waals surface area contributed by atoms with E-state index in [9.17, 15) is 29.4 Å². The molecule has 11 nitrogen and oxygen atoms in total. The number of nitrogens with one attached hydrogen (secondary N) is 2. The first-order chi connectivity index (χ1) is 19.1. The maximum atomic E-state index is 13.6. The van der Waals surface area contributed by atoms with Gasteiger partial charge in [0.15, 0.2) is 5.78 Å². The molecule has 0 aromatic heterocycles. The normalized spacial score (nSPS) is 16.7. The Morgan fingerprint density at radius 1 is 1.15 bits per heavy atom. The highest BCUT2D eigenvalue weighted by atomic mass is 16.4. The van der Waals surface area contributed by atoms with Crippen molar-refractivity contribution in [1.82, 2.24) is 15.1 Å². The number of likely N-dealkylation sites (tertiary alicyclic amines) is 1. The Balaban J connectivity index is 1.65. The summed E-state index contributed by atoms with van der Waals surface area (Å²) in [5, 5.41) is 32.1. The molecule has 2 aromatic carbocycles. The number of ketones is 1. The van der Waals surface area contributed by atoms with Crippen molar-refractivity contribution in [2.24, 2.45) is 0 Å². The zero-order valence-electron chi connectivity index (χ0n) is 24.3. The first-order valence-corrected chi connectivity index (χ1v) is 13.5. The van der Waals surface area contributed by atoms with Crippen LogP contribution in [0.4, 0.5) is 5.69 Å². The van der Waals surface area contributed by atoms with Crippen LogP contribution in [-0.2, 0) is 28.1 Å². The Morgan fingerprint density at radius 2 is 1.83 bits per heavy atom. The van der Waals surface area contributed by atoms with Crippen LogP contribution in [0.3, 0.4) is 0 Å². The van der Waals surface area contributed by atoms with Crippen molar-refractivity contribution in [2.75, 3.05) is 32.6 Å². The fraction of sp³-hybridized carbons (Fsp3) is 0.433. The van der Waals surface area contributed by atoms with Crippen LogP contribution < -0.4 is 10.2 Å². The molecule has 2 aliphatic rings. The molecular formula is C30H37N5O6. The molecule has 2 heterocycles. The summed E-state index contributed by atoms with van der Waals surface area (Å²) >= 11 is 0.